The zero-order valence-electron chi connectivity index (χ0n) is 11.9. The molecule has 3 rings (SSSR count). The fourth-order valence-corrected chi connectivity index (χ4v) is 3.23. The Bertz CT molecular complexity index is 616. The molecule has 2 aromatic heterocycles. The second-order valence-corrected chi connectivity index (χ2v) is 6.45. The molecule has 6 nitrogen and oxygen atoms in total. The normalized spacial score (nSPS) is 18.0. The number of aromatic amines is 1. The van der Waals surface area contributed by atoms with Crippen molar-refractivity contribution in [3.8, 4) is 0 Å². The summed E-state index contributed by atoms with van der Waals surface area (Å²) in [6.07, 6.45) is 5.14. The number of aromatic nitrogens is 3. The van der Waals surface area contributed by atoms with Crippen LogP contribution in [0.4, 0.5) is 0 Å². The molecule has 2 aromatic rings. The number of nitrogens with zero attached hydrogens (tertiary/aromatic N) is 2. The Kier molecular flexibility index (Phi) is 4.31. The number of aryl methyl sites for hydroxylation is 1. The Hall–Kier alpha value is -1.73. The minimum atomic E-state index is -0.0843. The van der Waals surface area contributed by atoms with Gasteiger partial charge in [0.05, 0.1) is 29.1 Å². The highest BCUT2D eigenvalue weighted by molar-refractivity contribution is 7.11. The molecule has 1 aliphatic heterocycles. The molecule has 0 saturated carbocycles. The number of hydrogen-bond donors (Lipinski definition) is 2. The van der Waals surface area contributed by atoms with Crippen molar-refractivity contribution in [3.05, 3.63) is 33.5 Å². The SMILES string of the molecule is Cc1cnc(CCNC(=O)c2cn[nH]c2[C@H]2CCOC2)s1. The summed E-state index contributed by atoms with van der Waals surface area (Å²) in [6.45, 7) is 4.01. The first-order chi connectivity index (χ1) is 10.2. The highest BCUT2D eigenvalue weighted by Gasteiger charge is 2.25. The van der Waals surface area contributed by atoms with E-state index in [2.05, 4.69) is 20.5 Å². The third-order valence-electron chi connectivity index (χ3n) is 3.54. The van der Waals surface area contributed by atoms with Crippen LogP contribution in [0.1, 0.15) is 38.3 Å². The minimum Gasteiger partial charge on any atom is -0.381 e. The van der Waals surface area contributed by atoms with Gasteiger partial charge in [0.15, 0.2) is 0 Å². The number of rotatable bonds is 5. The summed E-state index contributed by atoms with van der Waals surface area (Å²) < 4.78 is 5.37. The molecule has 1 fully saturated rings. The van der Waals surface area contributed by atoms with Crippen LogP contribution in [0, 0.1) is 6.92 Å². The van der Waals surface area contributed by atoms with Gasteiger partial charge in [-0.25, -0.2) is 4.98 Å². The van der Waals surface area contributed by atoms with Crippen molar-refractivity contribution in [2.24, 2.45) is 0 Å². The summed E-state index contributed by atoms with van der Waals surface area (Å²) in [6, 6.07) is 0. The van der Waals surface area contributed by atoms with Crippen LogP contribution in [-0.2, 0) is 11.2 Å². The van der Waals surface area contributed by atoms with Crippen molar-refractivity contribution in [2.75, 3.05) is 19.8 Å². The van der Waals surface area contributed by atoms with Gasteiger partial charge in [0, 0.05) is 36.6 Å². The molecule has 2 N–H and O–H groups in total. The van der Waals surface area contributed by atoms with Gasteiger partial charge in [-0.15, -0.1) is 11.3 Å². The molecule has 0 unspecified atom stereocenters. The largest absolute Gasteiger partial charge is 0.381 e. The number of nitrogens with one attached hydrogen (secondary N) is 2. The van der Waals surface area contributed by atoms with Crippen LogP contribution in [0.2, 0.25) is 0 Å². The van der Waals surface area contributed by atoms with Gasteiger partial charge in [0.25, 0.3) is 5.91 Å². The van der Waals surface area contributed by atoms with Crippen molar-refractivity contribution >= 4 is 17.2 Å². The zero-order valence-corrected chi connectivity index (χ0v) is 12.7. The first-order valence-corrected chi connectivity index (χ1v) is 7.86. The van der Waals surface area contributed by atoms with Crippen LogP contribution in [-0.4, -0.2) is 40.8 Å². The lowest BCUT2D eigenvalue weighted by molar-refractivity contribution is 0.0952. The van der Waals surface area contributed by atoms with E-state index in [1.807, 2.05) is 13.1 Å². The Balaban J connectivity index is 1.57. The highest BCUT2D eigenvalue weighted by Crippen LogP contribution is 2.25. The third kappa shape index (κ3) is 3.30. The summed E-state index contributed by atoms with van der Waals surface area (Å²) in [5, 5.41) is 10.9. The maximum atomic E-state index is 12.2. The predicted molar refractivity (Wildman–Crippen MR) is 79.7 cm³/mol. The summed E-state index contributed by atoms with van der Waals surface area (Å²) >= 11 is 1.66. The standard InChI is InChI=1S/C14H18N4O2S/c1-9-6-16-12(21-9)2-4-15-14(19)11-7-17-18-13(11)10-3-5-20-8-10/h6-7,10H,2-5,8H2,1H3,(H,15,19)(H,17,18)/t10-/m0/s1. The van der Waals surface area contributed by atoms with Gasteiger partial charge < -0.3 is 10.1 Å². The van der Waals surface area contributed by atoms with Crippen LogP contribution in [0.5, 0.6) is 0 Å². The van der Waals surface area contributed by atoms with Crippen molar-refractivity contribution < 1.29 is 9.53 Å². The number of amides is 1. The van der Waals surface area contributed by atoms with Crippen molar-refractivity contribution in [3.63, 3.8) is 0 Å². The fraction of sp³-hybridized carbons (Fsp3) is 0.500. The quantitative estimate of drug-likeness (QED) is 0.880. The Labute approximate surface area is 126 Å². The first kappa shape index (κ1) is 14.2. The van der Waals surface area contributed by atoms with Crippen LogP contribution in [0.3, 0.4) is 0 Å². The summed E-state index contributed by atoms with van der Waals surface area (Å²) in [7, 11) is 0. The molecule has 3 heterocycles. The summed E-state index contributed by atoms with van der Waals surface area (Å²) in [4.78, 5) is 17.7. The average molecular weight is 306 g/mol. The van der Waals surface area contributed by atoms with Crippen LogP contribution < -0.4 is 5.32 Å². The van der Waals surface area contributed by atoms with Gasteiger partial charge >= 0.3 is 0 Å². The number of ether oxygens (including phenoxy) is 1. The first-order valence-electron chi connectivity index (χ1n) is 7.04. The van der Waals surface area contributed by atoms with E-state index in [1.54, 1.807) is 17.5 Å². The van der Waals surface area contributed by atoms with E-state index in [1.165, 1.54) is 4.88 Å². The maximum Gasteiger partial charge on any atom is 0.254 e. The van der Waals surface area contributed by atoms with Gasteiger partial charge in [-0.05, 0) is 13.3 Å². The maximum absolute atomic E-state index is 12.2. The van der Waals surface area contributed by atoms with Gasteiger partial charge in [-0.1, -0.05) is 0 Å². The molecular formula is C14H18N4O2S. The lowest BCUT2D eigenvalue weighted by Crippen LogP contribution is -2.26. The van der Waals surface area contributed by atoms with E-state index in [4.69, 9.17) is 4.74 Å². The van der Waals surface area contributed by atoms with Gasteiger partial charge in [-0.2, -0.15) is 5.10 Å². The lowest BCUT2D eigenvalue weighted by atomic mass is 10.0. The molecule has 112 valence electrons. The molecule has 0 aromatic carbocycles. The molecule has 1 aliphatic rings. The molecule has 21 heavy (non-hydrogen) atoms. The summed E-state index contributed by atoms with van der Waals surface area (Å²) in [5.41, 5.74) is 1.51. The number of thiazole rings is 1. The Morgan fingerprint density at radius 1 is 1.57 bits per heavy atom. The van der Waals surface area contributed by atoms with E-state index in [-0.39, 0.29) is 11.8 Å². The molecule has 1 atom stereocenters. The molecule has 0 bridgehead atoms. The molecule has 1 amide bonds. The van der Waals surface area contributed by atoms with Crippen LogP contribution >= 0.6 is 11.3 Å². The van der Waals surface area contributed by atoms with E-state index < -0.39 is 0 Å². The number of carbonyl (C=O) groups excluding carboxylic acids is 1. The predicted octanol–water partition coefficient (Wildman–Crippen LogP) is 1.65. The molecule has 0 aliphatic carbocycles. The Morgan fingerprint density at radius 2 is 2.48 bits per heavy atom. The average Bonchev–Trinajstić information content (AvgIpc) is 3.19. The van der Waals surface area contributed by atoms with Crippen molar-refractivity contribution in [2.45, 2.75) is 25.7 Å². The van der Waals surface area contributed by atoms with Crippen LogP contribution in [0.25, 0.3) is 0 Å². The number of carbonyl (C=O) groups is 1. The summed E-state index contributed by atoms with van der Waals surface area (Å²) in [5.74, 6) is 0.161. The second kappa shape index (κ2) is 6.36. The van der Waals surface area contributed by atoms with Gasteiger partial charge in [-0.3, -0.25) is 9.89 Å². The second-order valence-electron chi connectivity index (χ2n) is 5.13. The monoisotopic (exact) mass is 306 g/mol. The number of H-pyrrole nitrogens is 1. The minimum absolute atomic E-state index is 0.0843. The third-order valence-corrected chi connectivity index (χ3v) is 4.52. The van der Waals surface area contributed by atoms with E-state index in [9.17, 15) is 4.79 Å². The highest BCUT2D eigenvalue weighted by atomic mass is 32.1. The zero-order chi connectivity index (χ0) is 14.7. The van der Waals surface area contributed by atoms with Crippen molar-refractivity contribution in [1.29, 1.82) is 0 Å². The molecular weight excluding hydrogens is 288 g/mol. The Morgan fingerprint density at radius 3 is 3.19 bits per heavy atom. The lowest BCUT2D eigenvalue weighted by Gasteiger charge is -2.08. The van der Waals surface area contributed by atoms with Gasteiger partial charge in [0.2, 0.25) is 0 Å². The van der Waals surface area contributed by atoms with E-state index in [0.29, 0.717) is 18.7 Å². The van der Waals surface area contributed by atoms with Crippen LogP contribution in [0.15, 0.2) is 12.4 Å². The molecule has 7 heteroatoms. The smallest absolute Gasteiger partial charge is 0.254 e. The molecule has 0 radical (unpaired) electrons. The fourth-order valence-electron chi connectivity index (χ4n) is 2.45. The molecule has 0 spiro atoms. The number of hydrogen-bond acceptors (Lipinski definition) is 5. The van der Waals surface area contributed by atoms with Crippen molar-refractivity contribution in [1.82, 2.24) is 20.5 Å². The molecule has 1 saturated heterocycles. The van der Waals surface area contributed by atoms with E-state index >= 15 is 0 Å². The topological polar surface area (TPSA) is 79.9 Å². The van der Waals surface area contributed by atoms with E-state index in [0.717, 1.165) is 30.2 Å². The van der Waals surface area contributed by atoms with Gasteiger partial charge in [0.1, 0.15) is 0 Å².